The van der Waals surface area contributed by atoms with Crippen LogP contribution in [0.15, 0.2) is 212 Å². The van der Waals surface area contributed by atoms with Crippen molar-refractivity contribution in [1.82, 2.24) is 19.1 Å². The molecule has 0 spiro atoms. The van der Waals surface area contributed by atoms with Crippen molar-refractivity contribution in [3.05, 3.63) is 241 Å². The third-order valence-electron chi connectivity index (χ3n) is 13.0. The van der Waals surface area contributed by atoms with Crippen LogP contribution in [-0.4, -0.2) is 19.1 Å². The van der Waals surface area contributed by atoms with Crippen molar-refractivity contribution in [2.45, 2.75) is 6.18 Å². The van der Waals surface area contributed by atoms with E-state index in [4.69, 9.17) is 23.1 Å². The van der Waals surface area contributed by atoms with Crippen LogP contribution >= 0.6 is 0 Å². The minimum absolute atomic E-state index is 0.102. The summed E-state index contributed by atoms with van der Waals surface area (Å²) in [6.45, 7) is 17.2. The Morgan fingerprint density at radius 3 is 1.40 bits per heavy atom. The highest BCUT2D eigenvalue weighted by atomic mass is 19.4. The van der Waals surface area contributed by atoms with Crippen molar-refractivity contribution in [1.29, 1.82) is 0 Å². The van der Waals surface area contributed by atoms with E-state index in [1.807, 2.05) is 179 Å². The molecule has 0 bridgehead atoms. The fourth-order valence-corrected chi connectivity index (χ4v) is 9.94. The van der Waals surface area contributed by atoms with Crippen LogP contribution < -0.4 is 0 Å². The smallest absolute Gasteiger partial charge is 0.319 e. The van der Waals surface area contributed by atoms with E-state index < -0.39 is 11.7 Å². The van der Waals surface area contributed by atoms with Gasteiger partial charge in [-0.3, -0.25) is 0 Å². The number of rotatable bonds is 7. The van der Waals surface area contributed by atoms with Gasteiger partial charge in [0.05, 0.1) is 74.9 Å². The third kappa shape index (κ3) is 6.87. The lowest BCUT2D eigenvalue weighted by Crippen LogP contribution is -2.09. The molecular formula is C61H35F3N6. The highest BCUT2D eigenvalue weighted by Gasteiger charge is 2.36. The van der Waals surface area contributed by atoms with Gasteiger partial charge in [-0.2, -0.15) is 13.2 Å². The van der Waals surface area contributed by atoms with E-state index in [1.54, 1.807) is 12.1 Å². The van der Waals surface area contributed by atoms with Gasteiger partial charge in [-0.1, -0.05) is 146 Å². The van der Waals surface area contributed by atoms with Crippen molar-refractivity contribution >= 4 is 55.0 Å². The molecule has 0 aliphatic heterocycles. The zero-order valence-corrected chi connectivity index (χ0v) is 37.0. The van der Waals surface area contributed by atoms with Crippen LogP contribution in [-0.2, 0) is 6.18 Å². The highest BCUT2D eigenvalue weighted by Crippen LogP contribution is 2.51. The summed E-state index contributed by atoms with van der Waals surface area (Å²) < 4.78 is 49.8. The molecule has 0 unspecified atom stereocenters. The first kappa shape index (κ1) is 41.8. The molecular weight excluding hydrogens is 874 g/mol. The van der Waals surface area contributed by atoms with Crippen LogP contribution in [0, 0.1) is 13.1 Å². The summed E-state index contributed by atoms with van der Waals surface area (Å²) in [6.07, 6.45) is -4.82. The van der Waals surface area contributed by atoms with Crippen molar-refractivity contribution in [3.63, 3.8) is 0 Å². The zero-order chi connectivity index (χ0) is 47.5. The molecule has 12 aromatic rings. The molecule has 12 rings (SSSR count). The maximum atomic E-state index is 15.3. The lowest BCUT2D eigenvalue weighted by atomic mass is 9.94. The number of halogens is 3. The predicted molar refractivity (Wildman–Crippen MR) is 275 cm³/mol. The summed E-state index contributed by atoms with van der Waals surface area (Å²) in [5.74, 6) is 0. The maximum absolute atomic E-state index is 15.3. The van der Waals surface area contributed by atoms with Crippen molar-refractivity contribution < 1.29 is 13.2 Å². The Kier molecular flexibility index (Phi) is 9.94. The van der Waals surface area contributed by atoms with E-state index in [1.165, 1.54) is 12.1 Å². The molecule has 0 saturated heterocycles. The molecule has 4 aromatic heterocycles. The standard InChI is InChI=1S/C61H35F3N6/c1-65-52-27-13-22-47(61(62,63)64)58(52)44-32-35-57(69-53-28-11-9-20-42(53)45-36-40(30-33-55(45)69)50-25-14-23-48(67-50)38-16-5-3-6-17-38)59(66-2)60(44)70-54-29-12-10-21-43(54)46-37-41(31-34-56(46)70)51-26-15-24-49(68-51)39-18-7-4-8-19-39/h3-37H. The van der Waals surface area contributed by atoms with Gasteiger partial charge in [0, 0.05) is 49.4 Å². The second-order valence-electron chi connectivity index (χ2n) is 17.0. The van der Waals surface area contributed by atoms with E-state index in [-0.39, 0.29) is 28.2 Å². The van der Waals surface area contributed by atoms with E-state index >= 15 is 13.2 Å². The molecule has 8 aromatic carbocycles. The number of nitrogens with zero attached hydrogens (tertiary/aromatic N) is 6. The summed E-state index contributed by atoms with van der Waals surface area (Å²) in [5, 5.41) is 3.48. The fourth-order valence-electron chi connectivity index (χ4n) is 9.94. The number of hydrogen-bond donors (Lipinski definition) is 0. The number of aromatic nitrogens is 4. The molecule has 0 atom stereocenters. The Balaban J connectivity index is 1.13. The lowest BCUT2D eigenvalue weighted by molar-refractivity contribution is -0.137. The largest absolute Gasteiger partial charge is 0.415 e. The summed E-state index contributed by atoms with van der Waals surface area (Å²) in [6, 6.07) is 66.6. The summed E-state index contributed by atoms with van der Waals surface area (Å²) >= 11 is 0. The molecule has 70 heavy (non-hydrogen) atoms. The summed E-state index contributed by atoms with van der Waals surface area (Å²) in [7, 11) is 0. The second kappa shape index (κ2) is 16.6. The molecule has 0 N–H and O–H groups in total. The molecule has 0 radical (unpaired) electrons. The average molecular weight is 909 g/mol. The first-order valence-electron chi connectivity index (χ1n) is 22.5. The molecule has 330 valence electrons. The molecule has 4 heterocycles. The molecule has 0 saturated carbocycles. The van der Waals surface area contributed by atoms with E-state index in [2.05, 4.69) is 21.8 Å². The Bertz CT molecular complexity index is 4140. The Morgan fingerprint density at radius 1 is 0.400 bits per heavy atom. The summed E-state index contributed by atoms with van der Waals surface area (Å²) in [5.41, 5.74) is 9.34. The average Bonchev–Trinajstić information content (AvgIpc) is 3.92. The van der Waals surface area contributed by atoms with Crippen LogP contribution in [0.4, 0.5) is 24.5 Å². The normalized spacial score (nSPS) is 11.6. The number of pyridine rings is 2. The van der Waals surface area contributed by atoms with Gasteiger partial charge in [0.1, 0.15) is 0 Å². The molecule has 0 aliphatic carbocycles. The monoisotopic (exact) mass is 908 g/mol. The number of para-hydroxylation sites is 2. The minimum atomic E-state index is -4.82. The number of fused-ring (bicyclic) bond motifs is 6. The quantitative estimate of drug-likeness (QED) is 0.150. The Morgan fingerprint density at radius 2 is 0.871 bits per heavy atom. The van der Waals surface area contributed by atoms with Crippen molar-refractivity contribution in [2.75, 3.05) is 0 Å². The highest BCUT2D eigenvalue weighted by molar-refractivity contribution is 6.14. The first-order chi connectivity index (χ1) is 34.3. The van der Waals surface area contributed by atoms with Crippen molar-refractivity contribution in [2.24, 2.45) is 0 Å². The van der Waals surface area contributed by atoms with Crippen LogP contribution in [0.5, 0.6) is 0 Å². The van der Waals surface area contributed by atoms with Gasteiger partial charge < -0.3 is 9.13 Å². The van der Waals surface area contributed by atoms with Gasteiger partial charge >= 0.3 is 6.18 Å². The summed E-state index contributed by atoms with van der Waals surface area (Å²) in [4.78, 5) is 18.0. The Labute approximate surface area is 400 Å². The van der Waals surface area contributed by atoms with Gasteiger partial charge in [-0.05, 0) is 72.3 Å². The van der Waals surface area contributed by atoms with E-state index in [9.17, 15) is 0 Å². The van der Waals surface area contributed by atoms with Crippen LogP contribution in [0.1, 0.15) is 5.56 Å². The van der Waals surface area contributed by atoms with Crippen molar-refractivity contribution in [3.8, 4) is 67.5 Å². The Hall–Kier alpha value is -9.57. The molecule has 6 nitrogen and oxygen atoms in total. The molecule has 0 amide bonds. The predicted octanol–water partition coefficient (Wildman–Crippen LogP) is 17.1. The van der Waals surface area contributed by atoms with Gasteiger partial charge in [0.25, 0.3) is 0 Å². The van der Waals surface area contributed by atoms with Gasteiger partial charge in [0.2, 0.25) is 5.69 Å². The molecule has 9 heteroatoms. The van der Waals surface area contributed by atoms with E-state index in [0.29, 0.717) is 16.7 Å². The zero-order valence-electron chi connectivity index (χ0n) is 37.0. The van der Waals surface area contributed by atoms with Gasteiger partial charge in [-0.15, -0.1) is 0 Å². The maximum Gasteiger partial charge on any atom is 0.415 e. The van der Waals surface area contributed by atoms with Gasteiger partial charge in [0.15, 0.2) is 5.69 Å². The second-order valence-corrected chi connectivity index (χ2v) is 17.0. The minimum Gasteiger partial charge on any atom is -0.319 e. The molecule has 0 fully saturated rings. The van der Waals surface area contributed by atoms with E-state index in [0.717, 1.165) is 83.7 Å². The third-order valence-corrected chi connectivity index (χ3v) is 13.0. The topological polar surface area (TPSA) is 44.4 Å². The van der Waals surface area contributed by atoms with Crippen LogP contribution in [0.2, 0.25) is 0 Å². The van der Waals surface area contributed by atoms with Crippen LogP contribution in [0.25, 0.3) is 121 Å². The van der Waals surface area contributed by atoms with Gasteiger partial charge in [-0.25, -0.2) is 19.7 Å². The van der Waals surface area contributed by atoms with Crippen LogP contribution in [0.3, 0.4) is 0 Å². The molecule has 0 aliphatic rings. The lowest BCUT2D eigenvalue weighted by Gasteiger charge is -2.23. The fraction of sp³-hybridized carbons (Fsp3) is 0.0164. The number of alkyl halides is 3. The number of hydrogen-bond acceptors (Lipinski definition) is 2. The first-order valence-corrected chi connectivity index (χ1v) is 22.5. The number of benzene rings is 8. The SMILES string of the molecule is [C-]#[N+]c1cccc(C(F)(F)F)c1-c1ccc(-n2c3ccccc3c3cc(-c4cccc(-c5ccccc5)n4)ccc32)c([N+]#[C-])c1-n1c2ccccc2c2cc(-c3cccc(-c4ccccc4)n3)ccc21.